The van der Waals surface area contributed by atoms with Gasteiger partial charge in [0, 0.05) is 22.0 Å². The summed E-state index contributed by atoms with van der Waals surface area (Å²) in [5.74, 6) is 1.34. The van der Waals surface area contributed by atoms with Gasteiger partial charge in [-0.15, -0.1) is 0 Å². The average molecular weight is 300 g/mol. The molecule has 2 aromatic carbocycles. The van der Waals surface area contributed by atoms with Crippen LogP contribution in [0.3, 0.4) is 0 Å². The highest BCUT2D eigenvalue weighted by atomic mass is 35.5. The van der Waals surface area contributed by atoms with E-state index in [1.165, 1.54) is 0 Å². The molecule has 21 heavy (non-hydrogen) atoms. The number of ether oxygens (including phenoxy) is 2. The zero-order valence-corrected chi connectivity index (χ0v) is 11.6. The predicted octanol–water partition coefficient (Wildman–Crippen LogP) is 3.58. The lowest BCUT2D eigenvalue weighted by molar-refractivity contribution is 0.174. The Kier molecular flexibility index (Phi) is 2.65. The molecule has 1 aliphatic heterocycles. The van der Waals surface area contributed by atoms with Crippen molar-refractivity contribution in [3.63, 3.8) is 0 Å². The number of benzene rings is 2. The summed E-state index contributed by atoms with van der Waals surface area (Å²) in [6.07, 6.45) is 0. The van der Waals surface area contributed by atoms with Crippen molar-refractivity contribution in [2.24, 2.45) is 0 Å². The maximum Gasteiger partial charge on any atom is 0.256 e. The Morgan fingerprint density at radius 2 is 1.71 bits per heavy atom. The quantitative estimate of drug-likeness (QED) is 0.747. The second-order valence-electron chi connectivity index (χ2n) is 4.81. The molecule has 0 atom stereocenters. The van der Waals surface area contributed by atoms with Gasteiger partial charge in [-0.3, -0.25) is 4.79 Å². The molecule has 0 fully saturated rings. The van der Waals surface area contributed by atoms with Crippen molar-refractivity contribution in [2.75, 3.05) is 6.79 Å². The van der Waals surface area contributed by atoms with E-state index < -0.39 is 0 Å². The molecule has 1 aromatic heterocycles. The molecule has 0 saturated carbocycles. The van der Waals surface area contributed by atoms with Gasteiger partial charge in [0.15, 0.2) is 11.5 Å². The van der Waals surface area contributed by atoms with Crippen molar-refractivity contribution in [2.45, 2.75) is 0 Å². The number of aromatic amines is 1. The second-order valence-corrected chi connectivity index (χ2v) is 5.25. The first-order valence-corrected chi connectivity index (χ1v) is 6.81. The van der Waals surface area contributed by atoms with Gasteiger partial charge in [-0.05, 0) is 29.8 Å². The van der Waals surface area contributed by atoms with Crippen molar-refractivity contribution in [3.8, 4) is 22.6 Å². The third-order valence-electron chi connectivity index (χ3n) is 3.49. The number of H-pyrrole nitrogens is 1. The molecule has 0 saturated heterocycles. The van der Waals surface area contributed by atoms with E-state index in [0.717, 1.165) is 16.5 Å². The predicted molar refractivity (Wildman–Crippen MR) is 81.1 cm³/mol. The summed E-state index contributed by atoms with van der Waals surface area (Å²) in [7, 11) is 0. The first kappa shape index (κ1) is 12.3. The Morgan fingerprint density at radius 1 is 1.00 bits per heavy atom. The van der Waals surface area contributed by atoms with E-state index in [9.17, 15) is 4.79 Å². The monoisotopic (exact) mass is 299 g/mol. The molecule has 0 aliphatic carbocycles. The second kappa shape index (κ2) is 4.53. The summed E-state index contributed by atoms with van der Waals surface area (Å²) in [6, 6.07) is 12.7. The summed E-state index contributed by atoms with van der Waals surface area (Å²) in [5.41, 5.74) is 1.99. The number of nitrogens with one attached hydrogen (secondary N) is 1. The molecule has 3 aromatic rings. The first-order chi connectivity index (χ1) is 10.2. The van der Waals surface area contributed by atoms with Crippen molar-refractivity contribution in [1.82, 2.24) is 4.98 Å². The minimum Gasteiger partial charge on any atom is -0.454 e. The van der Waals surface area contributed by atoms with Crippen molar-refractivity contribution < 1.29 is 9.47 Å². The van der Waals surface area contributed by atoms with Crippen molar-refractivity contribution >= 4 is 22.5 Å². The van der Waals surface area contributed by atoms with Gasteiger partial charge in [-0.25, -0.2) is 0 Å². The lowest BCUT2D eigenvalue weighted by Crippen LogP contribution is -2.08. The number of halogens is 1. The van der Waals surface area contributed by atoms with Crippen LogP contribution in [0.2, 0.25) is 5.02 Å². The van der Waals surface area contributed by atoms with Crippen LogP contribution in [0.25, 0.3) is 22.0 Å². The lowest BCUT2D eigenvalue weighted by atomic mass is 10.0. The van der Waals surface area contributed by atoms with Crippen molar-refractivity contribution in [3.05, 3.63) is 57.8 Å². The van der Waals surface area contributed by atoms with E-state index in [4.69, 9.17) is 21.1 Å². The Labute approximate surface area is 124 Å². The molecular weight excluding hydrogens is 290 g/mol. The van der Waals surface area contributed by atoms with Crippen molar-refractivity contribution in [1.29, 1.82) is 0 Å². The Hall–Kier alpha value is -2.46. The SMILES string of the molecule is O=c1[nH]c2cc3c(cc2cc1-c1ccc(Cl)cc1)OCO3. The topological polar surface area (TPSA) is 51.3 Å². The number of aromatic nitrogens is 1. The molecule has 2 heterocycles. The van der Waals surface area contributed by atoms with Crippen LogP contribution >= 0.6 is 11.6 Å². The third kappa shape index (κ3) is 2.04. The molecule has 0 spiro atoms. The van der Waals surface area contributed by atoms with Crippen LogP contribution in [0.5, 0.6) is 11.5 Å². The van der Waals surface area contributed by atoms with Gasteiger partial charge < -0.3 is 14.5 Å². The standard InChI is InChI=1S/C16H10ClNO3/c17-11-3-1-9(2-4-11)12-5-10-6-14-15(21-8-20-14)7-13(10)18-16(12)19/h1-7H,8H2,(H,18,19). The molecule has 1 aliphatic rings. The summed E-state index contributed by atoms with van der Waals surface area (Å²) >= 11 is 5.88. The fourth-order valence-electron chi connectivity index (χ4n) is 2.44. The molecule has 104 valence electrons. The summed E-state index contributed by atoms with van der Waals surface area (Å²) in [5, 5.41) is 1.53. The highest BCUT2D eigenvalue weighted by Crippen LogP contribution is 2.35. The zero-order chi connectivity index (χ0) is 14.4. The van der Waals surface area contributed by atoms with Gasteiger partial charge in [0.2, 0.25) is 6.79 Å². The fraction of sp³-hybridized carbons (Fsp3) is 0.0625. The molecule has 1 N–H and O–H groups in total. The molecule has 5 heteroatoms. The van der Waals surface area contributed by atoms with Gasteiger partial charge in [-0.2, -0.15) is 0 Å². The molecule has 4 nitrogen and oxygen atoms in total. The first-order valence-electron chi connectivity index (χ1n) is 6.43. The lowest BCUT2D eigenvalue weighted by Gasteiger charge is -2.05. The molecule has 0 bridgehead atoms. The maximum absolute atomic E-state index is 12.3. The van der Waals surface area contributed by atoms with Crippen LogP contribution in [-0.4, -0.2) is 11.8 Å². The molecule has 0 amide bonds. The van der Waals surface area contributed by atoms with Crippen LogP contribution in [0.4, 0.5) is 0 Å². The van der Waals surface area contributed by atoms with E-state index in [1.54, 1.807) is 18.2 Å². The van der Waals surface area contributed by atoms with Gasteiger partial charge in [0.1, 0.15) is 0 Å². The minimum atomic E-state index is -0.149. The van der Waals surface area contributed by atoms with Gasteiger partial charge in [-0.1, -0.05) is 23.7 Å². The number of fused-ring (bicyclic) bond motifs is 2. The van der Waals surface area contributed by atoms with Gasteiger partial charge >= 0.3 is 0 Å². The molecular formula is C16H10ClNO3. The van der Waals surface area contributed by atoms with Crippen LogP contribution in [0.1, 0.15) is 0 Å². The number of hydrogen-bond acceptors (Lipinski definition) is 3. The Bertz CT molecular complexity index is 900. The van der Waals surface area contributed by atoms with Crippen LogP contribution in [0, 0.1) is 0 Å². The maximum atomic E-state index is 12.3. The summed E-state index contributed by atoms with van der Waals surface area (Å²) in [4.78, 5) is 15.1. The largest absolute Gasteiger partial charge is 0.454 e. The molecule has 0 radical (unpaired) electrons. The van der Waals surface area contributed by atoms with Crippen LogP contribution in [0.15, 0.2) is 47.3 Å². The normalized spacial score (nSPS) is 12.8. The van der Waals surface area contributed by atoms with E-state index in [2.05, 4.69) is 4.98 Å². The van der Waals surface area contributed by atoms with Gasteiger partial charge in [0.25, 0.3) is 5.56 Å². The average Bonchev–Trinajstić information content (AvgIpc) is 2.92. The third-order valence-corrected chi connectivity index (χ3v) is 3.74. The number of pyridine rings is 1. The van der Waals surface area contributed by atoms with Crippen LogP contribution < -0.4 is 15.0 Å². The molecule has 4 rings (SSSR count). The zero-order valence-electron chi connectivity index (χ0n) is 10.9. The van der Waals surface area contributed by atoms with Crippen LogP contribution in [-0.2, 0) is 0 Å². The van der Waals surface area contributed by atoms with Gasteiger partial charge in [0.05, 0.1) is 5.52 Å². The minimum absolute atomic E-state index is 0.149. The number of rotatable bonds is 1. The smallest absolute Gasteiger partial charge is 0.256 e. The van der Waals surface area contributed by atoms with E-state index in [1.807, 2.05) is 24.3 Å². The Balaban J connectivity index is 1.94. The summed E-state index contributed by atoms with van der Waals surface area (Å²) < 4.78 is 10.7. The van der Waals surface area contributed by atoms with E-state index >= 15 is 0 Å². The molecule has 0 unspecified atom stereocenters. The number of hydrogen-bond donors (Lipinski definition) is 1. The van der Waals surface area contributed by atoms with E-state index in [-0.39, 0.29) is 12.4 Å². The fourth-order valence-corrected chi connectivity index (χ4v) is 2.57. The highest BCUT2D eigenvalue weighted by molar-refractivity contribution is 6.30. The Morgan fingerprint density at radius 3 is 2.48 bits per heavy atom. The summed E-state index contributed by atoms with van der Waals surface area (Å²) in [6.45, 7) is 0.208. The van der Waals surface area contributed by atoms with E-state index in [0.29, 0.717) is 22.1 Å². The highest BCUT2D eigenvalue weighted by Gasteiger charge is 2.15.